The average Bonchev–Trinajstić information content (AvgIpc) is 2.95. The molecule has 5 heteroatoms. The van der Waals surface area contributed by atoms with Crippen LogP contribution in [-0.4, -0.2) is 41.3 Å². The molecule has 0 aromatic rings. The molecular formula is C24H36O5. The summed E-state index contributed by atoms with van der Waals surface area (Å²) in [4.78, 5) is 23.0. The molecule has 29 heavy (non-hydrogen) atoms. The van der Waals surface area contributed by atoms with E-state index in [4.69, 9.17) is 9.84 Å². The van der Waals surface area contributed by atoms with Gasteiger partial charge in [0.1, 0.15) is 5.78 Å². The highest BCUT2D eigenvalue weighted by Crippen LogP contribution is 2.48. The zero-order valence-corrected chi connectivity index (χ0v) is 17.6. The van der Waals surface area contributed by atoms with Crippen LogP contribution in [0.5, 0.6) is 0 Å². The molecule has 162 valence electrons. The number of hydrogen-bond acceptors (Lipinski definition) is 4. The van der Waals surface area contributed by atoms with Crippen LogP contribution in [0.15, 0.2) is 37.0 Å². The van der Waals surface area contributed by atoms with Gasteiger partial charge < -0.3 is 14.9 Å². The first-order valence-electron chi connectivity index (χ1n) is 10.8. The minimum Gasteiger partial charge on any atom is -0.481 e. The molecule has 0 saturated heterocycles. The molecule has 0 amide bonds. The molecule has 2 aliphatic rings. The number of carbonyl (C=O) groups is 2. The minimum absolute atomic E-state index is 0.0140. The number of carbonyl (C=O) groups excluding carboxylic acids is 1. The van der Waals surface area contributed by atoms with Gasteiger partial charge in [0.25, 0.3) is 0 Å². The summed E-state index contributed by atoms with van der Waals surface area (Å²) in [6, 6.07) is 0. The summed E-state index contributed by atoms with van der Waals surface area (Å²) in [6.07, 6.45) is 16.7. The monoisotopic (exact) mass is 404 g/mol. The van der Waals surface area contributed by atoms with Gasteiger partial charge in [0.05, 0.1) is 12.2 Å². The highest BCUT2D eigenvalue weighted by Gasteiger charge is 2.42. The van der Waals surface area contributed by atoms with Crippen molar-refractivity contribution < 1.29 is 24.5 Å². The number of unbranched alkanes of at least 4 members (excludes halogenated alkanes) is 1. The van der Waals surface area contributed by atoms with Gasteiger partial charge in [-0.15, -0.1) is 6.58 Å². The number of aliphatic hydroxyl groups is 1. The van der Waals surface area contributed by atoms with Crippen LogP contribution >= 0.6 is 0 Å². The Morgan fingerprint density at radius 2 is 2.10 bits per heavy atom. The lowest BCUT2D eigenvalue weighted by molar-refractivity contribution is -0.137. The van der Waals surface area contributed by atoms with E-state index in [1.54, 1.807) is 7.11 Å². The zero-order chi connectivity index (χ0) is 21.3. The van der Waals surface area contributed by atoms with E-state index in [0.717, 1.165) is 19.3 Å². The maximum atomic E-state index is 12.5. The second-order valence-corrected chi connectivity index (χ2v) is 8.51. The number of hydrogen-bond donors (Lipinski definition) is 2. The number of Topliss-reactive ketones (excluding diaryl/α,β-unsaturated/α-hetero) is 1. The van der Waals surface area contributed by atoms with E-state index in [0.29, 0.717) is 32.1 Å². The van der Waals surface area contributed by atoms with Crippen molar-refractivity contribution >= 4 is 11.8 Å². The quantitative estimate of drug-likeness (QED) is 0.350. The van der Waals surface area contributed by atoms with E-state index >= 15 is 0 Å². The minimum atomic E-state index is -0.781. The van der Waals surface area contributed by atoms with Gasteiger partial charge in [-0.3, -0.25) is 9.59 Å². The number of carboxylic acids is 1. The van der Waals surface area contributed by atoms with E-state index in [1.165, 1.54) is 6.42 Å². The first-order chi connectivity index (χ1) is 13.9. The van der Waals surface area contributed by atoms with Crippen LogP contribution in [0.4, 0.5) is 0 Å². The van der Waals surface area contributed by atoms with Gasteiger partial charge >= 0.3 is 5.97 Å². The van der Waals surface area contributed by atoms with Gasteiger partial charge in [-0.1, -0.05) is 36.8 Å². The molecule has 0 spiro atoms. The Hall–Kier alpha value is -1.72. The third-order valence-electron chi connectivity index (χ3n) is 6.66. The molecule has 2 N–H and O–H groups in total. The Bertz CT molecular complexity index is 617. The number of carboxylic acid groups (broad SMARTS) is 1. The Morgan fingerprint density at radius 1 is 1.34 bits per heavy atom. The first-order valence-corrected chi connectivity index (χ1v) is 10.8. The molecule has 4 atom stereocenters. The fourth-order valence-corrected chi connectivity index (χ4v) is 4.68. The molecule has 2 saturated carbocycles. The normalized spacial score (nSPS) is 27.4. The predicted molar refractivity (Wildman–Crippen MR) is 114 cm³/mol. The largest absolute Gasteiger partial charge is 0.481 e. The molecule has 5 nitrogen and oxygen atoms in total. The van der Waals surface area contributed by atoms with Gasteiger partial charge in [-0.25, -0.2) is 0 Å². The van der Waals surface area contributed by atoms with Crippen molar-refractivity contribution in [2.24, 2.45) is 17.3 Å². The van der Waals surface area contributed by atoms with Crippen molar-refractivity contribution in [3.8, 4) is 0 Å². The lowest BCUT2D eigenvalue weighted by atomic mass is 9.62. The third-order valence-corrected chi connectivity index (χ3v) is 6.66. The average molecular weight is 405 g/mol. The molecule has 0 aromatic carbocycles. The Balaban J connectivity index is 1.91. The van der Waals surface area contributed by atoms with Gasteiger partial charge in [0, 0.05) is 37.2 Å². The number of ether oxygens (including phenoxy) is 1. The third kappa shape index (κ3) is 6.38. The van der Waals surface area contributed by atoms with Gasteiger partial charge in [0.2, 0.25) is 0 Å². The van der Waals surface area contributed by atoms with Crippen molar-refractivity contribution in [1.29, 1.82) is 0 Å². The summed E-state index contributed by atoms with van der Waals surface area (Å²) in [6.45, 7) is 3.83. The molecule has 0 bridgehead atoms. The van der Waals surface area contributed by atoms with Crippen LogP contribution in [0.2, 0.25) is 0 Å². The lowest BCUT2D eigenvalue weighted by Gasteiger charge is -2.45. The van der Waals surface area contributed by atoms with Crippen LogP contribution < -0.4 is 0 Å². The fraction of sp³-hybridized carbons (Fsp3) is 0.667. The Labute approximate surface area is 174 Å². The van der Waals surface area contributed by atoms with Crippen molar-refractivity contribution in [3.63, 3.8) is 0 Å². The number of rotatable bonds is 13. The molecule has 0 heterocycles. The summed E-state index contributed by atoms with van der Waals surface area (Å²) in [5, 5.41) is 19.4. The maximum Gasteiger partial charge on any atom is 0.303 e. The van der Waals surface area contributed by atoms with Gasteiger partial charge in [-0.2, -0.15) is 0 Å². The molecule has 2 rings (SSSR count). The number of aliphatic carboxylic acids is 1. The number of methoxy groups -OCH3 is 1. The Morgan fingerprint density at radius 3 is 2.69 bits per heavy atom. The standard InChI is InChI=1S/C24H36O5/c1-3-14-24(15-9-16-24)22(26)12-8-11-19-18(20(25)17-21(19)29-2)10-6-4-5-7-13-23(27)28/h3-4,6,8,11,18-19,21-22,26H,1,5,7,9-10,12-17H2,2H3,(H,27,28)/t18-,19-,21?,22?/m1/s1. The molecule has 0 radical (unpaired) electrons. The molecule has 2 aliphatic carbocycles. The molecular weight excluding hydrogens is 368 g/mol. The summed E-state index contributed by atoms with van der Waals surface area (Å²) in [7, 11) is 1.64. The van der Waals surface area contributed by atoms with E-state index in [9.17, 15) is 14.7 Å². The summed E-state index contributed by atoms with van der Waals surface area (Å²) >= 11 is 0. The van der Waals surface area contributed by atoms with E-state index < -0.39 is 5.97 Å². The summed E-state index contributed by atoms with van der Waals surface area (Å²) in [5.74, 6) is -0.671. The van der Waals surface area contributed by atoms with E-state index in [1.807, 2.05) is 24.3 Å². The molecule has 0 aromatic heterocycles. The van der Waals surface area contributed by atoms with Crippen LogP contribution in [0.3, 0.4) is 0 Å². The number of allylic oxidation sites excluding steroid dienone is 3. The Kier molecular flexibility index (Phi) is 9.31. The van der Waals surface area contributed by atoms with Crippen molar-refractivity contribution in [3.05, 3.63) is 37.0 Å². The van der Waals surface area contributed by atoms with E-state index in [2.05, 4.69) is 12.7 Å². The van der Waals surface area contributed by atoms with Crippen molar-refractivity contribution in [2.75, 3.05) is 7.11 Å². The van der Waals surface area contributed by atoms with Crippen LogP contribution in [0.1, 0.15) is 64.2 Å². The molecule has 0 aliphatic heterocycles. The van der Waals surface area contributed by atoms with Crippen LogP contribution in [0, 0.1) is 17.3 Å². The maximum absolute atomic E-state index is 12.5. The zero-order valence-electron chi connectivity index (χ0n) is 17.6. The topological polar surface area (TPSA) is 83.8 Å². The second kappa shape index (κ2) is 11.5. The van der Waals surface area contributed by atoms with E-state index in [-0.39, 0.29) is 41.7 Å². The smallest absolute Gasteiger partial charge is 0.303 e. The SMILES string of the molecule is C=CCC1(C(O)CC=C[C@H]2C(OC)CC(=O)[C@@H]2CC=CCCCC(=O)O)CCC1. The summed E-state index contributed by atoms with van der Waals surface area (Å²) in [5.41, 5.74) is -0.0175. The predicted octanol–water partition coefficient (Wildman–Crippen LogP) is 4.46. The van der Waals surface area contributed by atoms with Crippen LogP contribution in [-0.2, 0) is 14.3 Å². The fourth-order valence-electron chi connectivity index (χ4n) is 4.68. The highest BCUT2D eigenvalue weighted by molar-refractivity contribution is 5.84. The number of ketones is 1. The van der Waals surface area contributed by atoms with Gasteiger partial charge in [0.15, 0.2) is 0 Å². The lowest BCUT2D eigenvalue weighted by Crippen LogP contribution is -2.40. The second-order valence-electron chi connectivity index (χ2n) is 8.51. The molecule has 2 fully saturated rings. The van der Waals surface area contributed by atoms with Crippen molar-refractivity contribution in [2.45, 2.75) is 76.4 Å². The van der Waals surface area contributed by atoms with Crippen molar-refractivity contribution in [1.82, 2.24) is 0 Å². The first kappa shape index (κ1) is 23.6. The molecule has 2 unspecified atom stereocenters. The van der Waals surface area contributed by atoms with Crippen LogP contribution in [0.25, 0.3) is 0 Å². The highest BCUT2D eigenvalue weighted by atomic mass is 16.5. The van der Waals surface area contributed by atoms with Gasteiger partial charge in [-0.05, 0) is 44.9 Å². The summed E-state index contributed by atoms with van der Waals surface area (Å²) < 4.78 is 5.55. The number of aliphatic hydroxyl groups excluding tert-OH is 1.